The molecule has 4 rings (SSSR count). The summed E-state index contributed by atoms with van der Waals surface area (Å²) in [6.07, 6.45) is 3.03. The summed E-state index contributed by atoms with van der Waals surface area (Å²) >= 11 is 0. The highest BCUT2D eigenvalue weighted by Gasteiger charge is 2.16. The van der Waals surface area contributed by atoms with Gasteiger partial charge in [0.05, 0.1) is 5.69 Å². The average Bonchev–Trinajstić information content (AvgIpc) is 3.28. The molecule has 30 heavy (non-hydrogen) atoms. The van der Waals surface area contributed by atoms with Crippen LogP contribution in [0.3, 0.4) is 0 Å². The molecule has 0 bridgehead atoms. The topological polar surface area (TPSA) is 94.7 Å². The maximum atomic E-state index is 14.1. The predicted octanol–water partition coefficient (Wildman–Crippen LogP) is 2.19. The highest BCUT2D eigenvalue weighted by molar-refractivity contribution is 5.92. The van der Waals surface area contributed by atoms with E-state index in [0.29, 0.717) is 5.69 Å². The molecule has 2 aromatic carbocycles. The summed E-state index contributed by atoms with van der Waals surface area (Å²) in [7, 11) is 0. The number of para-hydroxylation sites is 1. The molecule has 0 aliphatic heterocycles. The predicted molar refractivity (Wildman–Crippen MR) is 107 cm³/mol. The lowest BCUT2D eigenvalue weighted by atomic mass is 10.2. The average molecular weight is 404 g/mol. The fraction of sp³-hybridized carbons (Fsp3) is 0.0952. The zero-order valence-electron chi connectivity index (χ0n) is 16.0. The van der Waals surface area contributed by atoms with Crippen LogP contribution in [0.5, 0.6) is 0 Å². The molecule has 0 aliphatic carbocycles. The third kappa shape index (κ3) is 3.86. The highest BCUT2D eigenvalue weighted by atomic mass is 19.1. The van der Waals surface area contributed by atoms with Crippen molar-refractivity contribution in [3.63, 3.8) is 0 Å². The van der Waals surface area contributed by atoms with E-state index < -0.39 is 17.2 Å². The molecule has 0 aliphatic rings. The summed E-state index contributed by atoms with van der Waals surface area (Å²) < 4.78 is 17.0. The second-order valence-corrected chi connectivity index (χ2v) is 6.55. The lowest BCUT2D eigenvalue weighted by Gasteiger charge is -2.12. The van der Waals surface area contributed by atoms with Crippen molar-refractivity contribution < 1.29 is 9.18 Å². The minimum Gasteiger partial charge on any atom is -0.346 e. The van der Waals surface area contributed by atoms with Crippen molar-refractivity contribution >= 4 is 5.91 Å². The van der Waals surface area contributed by atoms with E-state index in [0.717, 1.165) is 11.3 Å². The maximum absolute atomic E-state index is 14.1. The third-order valence-electron chi connectivity index (χ3n) is 4.48. The molecular formula is C21H17FN6O2. The first-order chi connectivity index (χ1) is 14.5. The maximum Gasteiger partial charge on any atom is 0.276 e. The Morgan fingerprint density at radius 1 is 1.13 bits per heavy atom. The van der Waals surface area contributed by atoms with Gasteiger partial charge in [0.15, 0.2) is 5.69 Å². The van der Waals surface area contributed by atoms with Gasteiger partial charge in [0.25, 0.3) is 5.91 Å². The summed E-state index contributed by atoms with van der Waals surface area (Å²) in [5, 5.41) is 10.8. The zero-order chi connectivity index (χ0) is 21.1. The molecule has 4 aromatic rings. The van der Waals surface area contributed by atoms with Crippen LogP contribution in [0.15, 0.2) is 72.0 Å². The molecule has 1 N–H and O–H groups in total. The van der Waals surface area contributed by atoms with Crippen molar-refractivity contribution in [1.29, 1.82) is 0 Å². The molecule has 2 heterocycles. The summed E-state index contributed by atoms with van der Waals surface area (Å²) in [5.41, 5.74) is 1.41. The summed E-state index contributed by atoms with van der Waals surface area (Å²) in [4.78, 5) is 28.8. The van der Waals surface area contributed by atoms with E-state index in [1.807, 2.05) is 24.3 Å². The number of carbonyl (C=O) groups excluding carboxylic acids is 1. The van der Waals surface area contributed by atoms with Gasteiger partial charge >= 0.3 is 0 Å². The van der Waals surface area contributed by atoms with E-state index in [-0.39, 0.29) is 17.9 Å². The number of amides is 1. The van der Waals surface area contributed by atoms with Gasteiger partial charge in [-0.1, -0.05) is 24.3 Å². The van der Waals surface area contributed by atoms with Crippen LogP contribution in [-0.2, 0) is 6.54 Å². The molecule has 0 spiro atoms. The van der Waals surface area contributed by atoms with E-state index >= 15 is 0 Å². The Morgan fingerprint density at radius 3 is 2.60 bits per heavy atom. The fourth-order valence-corrected chi connectivity index (χ4v) is 2.95. The number of nitrogens with one attached hydrogen (secondary N) is 1. The van der Waals surface area contributed by atoms with E-state index in [1.165, 1.54) is 29.2 Å². The Kier molecular flexibility index (Phi) is 5.17. The van der Waals surface area contributed by atoms with Gasteiger partial charge in [-0.05, 0) is 36.8 Å². The van der Waals surface area contributed by atoms with Crippen LogP contribution < -0.4 is 10.7 Å². The molecule has 0 unspecified atom stereocenters. The molecule has 150 valence electrons. The Morgan fingerprint density at radius 2 is 1.90 bits per heavy atom. The molecule has 0 saturated heterocycles. The number of aromatic nitrogens is 5. The normalized spacial score (nSPS) is 10.7. The number of aryl methyl sites for hydroxylation is 1. The van der Waals surface area contributed by atoms with E-state index in [9.17, 15) is 14.0 Å². The molecule has 0 atom stereocenters. The van der Waals surface area contributed by atoms with E-state index in [2.05, 4.69) is 20.5 Å². The second-order valence-electron chi connectivity index (χ2n) is 6.55. The number of rotatable bonds is 5. The minimum atomic E-state index is -0.634. The molecule has 8 nitrogen and oxygen atoms in total. The summed E-state index contributed by atoms with van der Waals surface area (Å²) in [6, 6.07) is 14.6. The lowest BCUT2D eigenvalue weighted by molar-refractivity contribution is 0.0943. The Balaban J connectivity index is 1.53. The number of nitrogens with zero attached hydrogens (tertiary/aromatic N) is 5. The van der Waals surface area contributed by atoms with Gasteiger partial charge in [-0.3, -0.25) is 9.59 Å². The smallest absolute Gasteiger partial charge is 0.276 e. The summed E-state index contributed by atoms with van der Waals surface area (Å²) in [5.74, 6) is -1.14. The van der Waals surface area contributed by atoms with Gasteiger partial charge < -0.3 is 5.32 Å². The molecule has 0 saturated carbocycles. The number of carbonyl (C=O) groups is 1. The molecular weight excluding hydrogens is 387 g/mol. The molecule has 1 amide bonds. The largest absolute Gasteiger partial charge is 0.346 e. The molecule has 2 aromatic heterocycles. The van der Waals surface area contributed by atoms with Crippen molar-refractivity contribution in [2.24, 2.45) is 0 Å². The van der Waals surface area contributed by atoms with Crippen LogP contribution in [-0.4, -0.2) is 30.5 Å². The van der Waals surface area contributed by atoms with Crippen molar-refractivity contribution in [2.75, 3.05) is 0 Å². The highest BCUT2D eigenvalue weighted by Crippen LogP contribution is 2.13. The van der Waals surface area contributed by atoms with Gasteiger partial charge in [0.2, 0.25) is 5.43 Å². The van der Waals surface area contributed by atoms with Gasteiger partial charge in [-0.15, -0.1) is 0 Å². The van der Waals surface area contributed by atoms with Crippen molar-refractivity contribution in [3.05, 3.63) is 100 Å². The number of hydrogen-bond donors (Lipinski definition) is 1. The number of hydrogen-bond acceptors (Lipinski definition) is 5. The Labute approximate surface area is 170 Å². The Bertz CT molecular complexity index is 1250. The van der Waals surface area contributed by atoms with Crippen LogP contribution in [0.2, 0.25) is 0 Å². The first kappa shape index (κ1) is 19.2. The van der Waals surface area contributed by atoms with Crippen molar-refractivity contribution in [1.82, 2.24) is 29.9 Å². The molecule has 0 radical (unpaired) electrons. The Hall–Kier alpha value is -4.14. The zero-order valence-corrected chi connectivity index (χ0v) is 16.0. The summed E-state index contributed by atoms with van der Waals surface area (Å²) in [6.45, 7) is 1.82. The van der Waals surface area contributed by atoms with Crippen LogP contribution in [0, 0.1) is 12.7 Å². The van der Waals surface area contributed by atoms with Crippen LogP contribution >= 0.6 is 0 Å². The van der Waals surface area contributed by atoms with Gasteiger partial charge in [-0.2, -0.15) is 10.2 Å². The van der Waals surface area contributed by atoms with Crippen molar-refractivity contribution in [3.8, 4) is 11.4 Å². The van der Waals surface area contributed by atoms with Crippen LogP contribution in [0.4, 0.5) is 4.39 Å². The first-order valence-electron chi connectivity index (χ1n) is 9.11. The lowest BCUT2D eigenvalue weighted by Crippen LogP contribution is -2.31. The number of benzene rings is 2. The molecule has 9 heteroatoms. The molecule has 0 fully saturated rings. The second kappa shape index (κ2) is 8.08. The van der Waals surface area contributed by atoms with Crippen molar-refractivity contribution in [2.45, 2.75) is 13.5 Å². The van der Waals surface area contributed by atoms with E-state index in [4.69, 9.17) is 0 Å². The third-order valence-corrected chi connectivity index (χ3v) is 4.48. The SMILES string of the molecule is Cc1cc(=O)c(C(=O)NCc2ccc(-n3cncn3)cc2)nn1-c1ccccc1F. The van der Waals surface area contributed by atoms with Gasteiger partial charge in [0, 0.05) is 18.3 Å². The standard InChI is InChI=1S/C21H17FN6O2/c1-14-10-19(29)20(26-28(14)18-5-3-2-4-17(18)22)21(30)24-11-15-6-8-16(9-7-15)27-13-23-12-25-27/h2-10,12-13H,11H2,1H3,(H,24,30). The minimum absolute atomic E-state index is 0.160. The van der Waals surface area contributed by atoms with Crippen LogP contribution in [0.1, 0.15) is 21.7 Å². The fourth-order valence-electron chi connectivity index (χ4n) is 2.95. The quantitative estimate of drug-likeness (QED) is 0.550. The van der Waals surface area contributed by atoms with Crippen LogP contribution in [0.25, 0.3) is 11.4 Å². The monoisotopic (exact) mass is 404 g/mol. The number of halogens is 1. The first-order valence-corrected chi connectivity index (χ1v) is 9.11. The van der Waals surface area contributed by atoms with E-state index in [1.54, 1.807) is 30.1 Å². The van der Waals surface area contributed by atoms with Gasteiger partial charge in [0.1, 0.15) is 24.2 Å². The van der Waals surface area contributed by atoms with Gasteiger partial charge in [-0.25, -0.2) is 18.7 Å².